The molecular weight excluding hydrogens is 278 g/mol. The number of rotatable bonds is 3. The van der Waals surface area contributed by atoms with Gasteiger partial charge in [-0.1, -0.05) is 17.7 Å². The van der Waals surface area contributed by atoms with Gasteiger partial charge in [-0.15, -0.1) is 10.2 Å². The average Bonchev–Trinajstić information content (AvgIpc) is 2.88. The van der Waals surface area contributed by atoms with Crippen LogP contribution in [0.1, 0.15) is 33.1 Å². The van der Waals surface area contributed by atoms with Gasteiger partial charge in [-0.3, -0.25) is 9.20 Å². The van der Waals surface area contributed by atoms with Crippen LogP contribution in [0.3, 0.4) is 0 Å². The molecule has 2 heterocycles. The van der Waals surface area contributed by atoms with Gasteiger partial charge in [0.15, 0.2) is 5.82 Å². The number of nitrogens with zero attached hydrogens (tertiary/aromatic N) is 4. The molecule has 0 unspecified atom stereocenters. The van der Waals surface area contributed by atoms with Gasteiger partial charge in [0.2, 0.25) is 0 Å². The van der Waals surface area contributed by atoms with Crippen molar-refractivity contribution in [1.29, 1.82) is 0 Å². The number of carbonyl (C=O) groups is 1. The van der Waals surface area contributed by atoms with E-state index in [-0.39, 0.29) is 5.91 Å². The van der Waals surface area contributed by atoms with Crippen molar-refractivity contribution in [2.75, 3.05) is 0 Å². The van der Waals surface area contributed by atoms with Crippen LogP contribution in [0.15, 0.2) is 30.3 Å². The summed E-state index contributed by atoms with van der Waals surface area (Å²) in [5.74, 6) is 1.09. The highest BCUT2D eigenvalue weighted by Crippen LogP contribution is 2.08. The van der Waals surface area contributed by atoms with Crippen LogP contribution in [0.5, 0.6) is 0 Å². The Morgan fingerprint density at radius 2 is 1.86 bits per heavy atom. The maximum Gasteiger partial charge on any atom is 0.255 e. The first-order valence-electron chi connectivity index (χ1n) is 7.08. The van der Waals surface area contributed by atoms with Gasteiger partial charge in [0.25, 0.3) is 11.7 Å². The molecule has 6 nitrogen and oxygen atoms in total. The fourth-order valence-electron chi connectivity index (χ4n) is 2.38. The number of aryl methyl sites for hydroxylation is 3. The summed E-state index contributed by atoms with van der Waals surface area (Å²) in [4.78, 5) is 16.5. The van der Waals surface area contributed by atoms with E-state index in [0.29, 0.717) is 23.7 Å². The lowest BCUT2D eigenvalue weighted by Crippen LogP contribution is -2.24. The van der Waals surface area contributed by atoms with Gasteiger partial charge in [-0.05, 0) is 39.0 Å². The third kappa shape index (κ3) is 2.67. The highest BCUT2D eigenvalue weighted by molar-refractivity contribution is 5.94. The first-order valence-corrected chi connectivity index (χ1v) is 7.08. The van der Waals surface area contributed by atoms with Crippen molar-refractivity contribution in [1.82, 2.24) is 24.9 Å². The van der Waals surface area contributed by atoms with Crippen molar-refractivity contribution in [3.05, 3.63) is 58.7 Å². The number of benzene rings is 1. The maximum atomic E-state index is 12.1. The van der Waals surface area contributed by atoms with Gasteiger partial charge in [-0.25, -0.2) is 4.98 Å². The third-order valence-corrected chi connectivity index (χ3v) is 3.48. The summed E-state index contributed by atoms with van der Waals surface area (Å²) in [5, 5.41) is 11.0. The number of hydrogen-bond acceptors (Lipinski definition) is 4. The Morgan fingerprint density at radius 3 is 2.59 bits per heavy atom. The fourth-order valence-corrected chi connectivity index (χ4v) is 2.38. The second-order valence-electron chi connectivity index (χ2n) is 5.34. The molecule has 0 aliphatic carbocycles. The standard InChI is InChI=1S/C16H17N5O/c1-10-4-6-13(7-5-10)15(22)17-9-14-19-20-16-18-11(2)8-12(3)21(14)16/h4-8H,9H2,1-3H3,(H,17,22). The summed E-state index contributed by atoms with van der Waals surface area (Å²) in [7, 11) is 0. The lowest BCUT2D eigenvalue weighted by Gasteiger charge is -2.06. The van der Waals surface area contributed by atoms with Gasteiger partial charge in [0.1, 0.15) is 0 Å². The van der Waals surface area contributed by atoms with E-state index < -0.39 is 0 Å². The monoisotopic (exact) mass is 295 g/mol. The van der Waals surface area contributed by atoms with Crippen LogP contribution < -0.4 is 5.32 Å². The second-order valence-corrected chi connectivity index (χ2v) is 5.34. The number of hydrogen-bond donors (Lipinski definition) is 1. The van der Waals surface area contributed by atoms with E-state index in [9.17, 15) is 4.79 Å². The Labute approximate surface area is 128 Å². The molecule has 1 aromatic carbocycles. The van der Waals surface area contributed by atoms with Crippen molar-refractivity contribution in [2.45, 2.75) is 27.3 Å². The topological polar surface area (TPSA) is 72.2 Å². The smallest absolute Gasteiger partial charge is 0.255 e. The molecule has 1 N–H and O–H groups in total. The van der Waals surface area contributed by atoms with Crippen molar-refractivity contribution >= 4 is 11.7 Å². The van der Waals surface area contributed by atoms with Crippen LogP contribution in [0.4, 0.5) is 0 Å². The molecule has 0 spiro atoms. The molecule has 0 aliphatic rings. The lowest BCUT2D eigenvalue weighted by molar-refractivity contribution is 0.0949. The molecule has 22 heavy (non-hydrogen) atoms. The molecule has 3 rings (SSSR count). The molecule has 0 saturated carbocycles. The lowest BCUT2D eigenvalue weighted by atomic mass is 10.1. The zero-order valence-corrected chi connectivity index (χ0v) is 12.8. The number of amides is 1. The first kappa shape index (κ1) is 14.2. The largest absolute Gasteiger partial charge is 0.345 e. The zero-order valence-electron chi connectivity index (χ0n) is 12.8. The maximum absolute atomic E-state index is 12.1. The van der Waals surface area contributed by atoms with Gasteiger partial charge in [0.05, 0.1) is 6.54 Å². The predicted octanol–water partition coefficient (Wildman–Crippen LogP) is 1.98. The predicted molar refractivity (Wildman–Crippen MR) is 82.6 cm³/mol. The van der Waals surface area contributed by atoms with Gasteiger partial charge >= 0.3 is 0 Å². The summed E-state index contributed by atoms with van der Waals surface area (Å²) in [5.41, 5.74) is 3.64. The summed E-state index contributed by atoms with van der Waals surface area (Å²) in [6.07, 6.45) is 0. The molecule has 1 amide bonds. The van der Waals surface area contributed by atoms with E-state index in [0.717, 1.165) is 17.0 Å². The highest BCUT2D eigenvalue weighted by Gasteiger charge is 2.11. The molecule has 0 fully saturated rings. The van der Waals surface area contributed by atoms with Crippen molar-refractivity contribution in [3.63, 3.8) is 0 Å². The molecular formula is C16H17N5O. The van der Waals surface area contributed by atoms with E-state index in [4.69, 9.17) is 0 Å². The van der Waals surface area contributed by atoms with Crippen LogP contribution in [-0.4, -0.2) is 25.5 Å². The van der Waals surface area contributed by atoms with Crippen molar-refractivity contribution in [3.8, 4) is 0 Å². The minimum atomic E-state index is -0.130. The average molecular weight is 295 g/mol. The molecule has 0 atom stereocenters. The molecule has 6 heteroatoms. The van der Waals surface area contributed by atoms with E-state index in [1.807, 2.05) is 55.5 Å². The third-order valence-electron chi connectivity index (χ3n) is 3.48. The van der Waals surface area contributed by atoms with Gasteiger partial charge in [0, 0.05) is 17.0 Å². The van der Waals surface area contributed by atoms with Crippen LogP contribution in [0, 0.1) is 20.8 Å². The molecule has 112 valence electrons. The summed E-state index contributed by atoms with van der Waals surface area (Å²) in [6.45, 7) is 6.18. The van der Waals surface area contributed by atoms with Gasteiger partial charge < -0.3 is 5.32 Å². The quantitative estimate of drug-likeness (QED) is 0.802. The molecule has 0 radical (unpaired) electrons. The van der Waals surface area contributed by atoms with Crippen molar-refractivity contribution in [2.24, 2.45) is 0 Å². The Balaban J connectivity index is 1.79. The zero-order chi connectivity index (χ0) is 15.7. The summed E-state index contributed by atoms with van der Waals surface area (Å²) < 4.78 is 1.85. The Hall–Kier alpha value is -2.76. The Kier molecular flexibility index (Phi) is 3.58. The van der Waals surface area contributed by atoms with Crippen LogP contribution >= 0.6 is 0 Å². The molecule has 2 aromatic heterocycles. The number of nitrogens with one attached hydrogen (secondary N) is 1. The van der Waals surface area contributed by atoms with E-state index in [1.54, 1.807) is 0 Å². The van der Waals surface area contributed by atoms with E-state index in [2.05, 4.69) is 20.5 Å². The van der Waals surface area contributed by atoms with E-state index >= 15 is 0 Å². The number of aromatic nitrogens is 4. The van der Waals surface area contributed by atoms with Crippen molar-refractivity contribution < 1.29 is 4.79 Å². The van der Waals surface area contributed by atoms with E-state index in [1.165, 1.54) is 0 Å². The van der Waals surface area contributed by atoms with Gasteiger partial charge in [-0.2, -0.15) is 0 Å². The van der Waals surface area contributed by atoms with Crippen LogP contribution in [0.2, 0.25) is 0 Å². The number of carbonyl (C=O) groups excluding carboxylic acids is 1. The highest BCUT2D eigenvalue weighted by atomic mass is 16.1. The fraction of sp³-hybridized carbons (Fsp3) is 0.250. The Morgan fingerprint density at radius 1 is 1.14 bits per heavy atom. The normalized spacial score (nSPS) is 10.9. The minimum Gasteiger partial charge on any atom is -0.345 e. The minimum absolute atomic E-state index is 0.130. The molecule has 0 bridgehead atoms. The van der Waals surface area contributed by atoms with Crippen LogP contribution in [-0.2, 0) is 6.54 Å². The molecule has 3 aromatic rings. The number of fused-ring (bicyclic) bond motifs is 1. The molecule has 0 aliphatic heterocycles. The molecule has 0 saturated heterocycles. The Bertz CT molecular complexity index is 836. The summed E-state index contributed by atoms with van der Waals surface area (Å²) in [6, 6.07) is 9.41. The SMILES string of the molecule is Cc1ccc(C(=O)NCc2nnc3nc(C)cc(C)n23)cc1. The second kappa shape index (κ2) is 5.55. The summed E-state index contributed by atoms with van der Waals surface area (Å²) >= 11 is 0. The van der Waals surface area contributed by atoms with Crippen LogP contribution in [0.25, 0.3) is 5.78 Å². The first-order chi connectivity index (χ1) is 10.5.